The molecule has 0 aliphatic heterocycles. The third-order valence-corrected chi connectivity index (χ3v) is 16.0. The van der Waals surface area contributed by atoms with Crippen molar-refractivity contribution in [1.29, 1.82) is 0 Å². The number of nitrogens with zero attached hydrogens (tertiary/aromatic N) is 5. The molecule has 0 saturated carbocycles. The van der Waals surface area contributed by atoms with E-state index in [1.165, 1.54) is 63.9 Å². The van der Waals surface area contributed by atoms with Crippen LogP contribution in [0.3, 0.4) is 0 Å². The van der Waals surface area contributed by atoms with Crippen molar-refractivity contribution in [2.24, 2.45) is 0 Å². The second-order valence-electron chi connectivity index (χ2n) is 19.1. The Morgan fingerprint density at radius 1 is 0.267 bits per heavy atom. The van der Waals surface area contributed by atoms with Crippen molar-refractivity contribution in [2.75, 3.05) is 0 Å². The van der Waals surface area contributed by atoms with Crippen LogP contribution in [0.1, 0.15) is 0 Å². The number of benzene rings is 11. The number of aromatic nitrogens is 5. The topological polar surface area (TPSA) is 48.5 Å². The first-order chi connectivity index (χ1) is 37.2. The van der Waals surface area contributed by atoms with E-state index < -0.39 is 0 Å². The monoisotopic (exact) mass is 973 g/mol. The van der Waals surface area contributed by atoms with Gasteiger partial charge in [-0.1, -0.05) is 224 Å². The van der Waals surface area contributed by atoms with E-state index in [1.54, 1.807) is 0 Å². The van der Waals surface area contributed by atoms with Crippen LogP contribution in [0.15, 0.2) is 261 Å². The predicted octanol–water partition coefficient (Wildman–Crippen LogP) is 18.4. The van der Waals surface area contributed by atoms with Gasteiger partial charge in [-0.05, 0) is 69.8 Å². The van der Waals surface area contributed by atoms with E-state index in [1.807, 2.05) is 23.5 Å². The minimum Gasteiger partial charge on any atom is -0.308 e. The largest absolute Gasteiger partial charge is 0.308 e. The lowest BCUT2D eigenvalue weighted by Gasteiger charge is -2.15. The molecule has 0 atom stereocenters. The molecule has 0 radical (unpaired) electrons. The molecule has 15 aromatic rings. The molecule has 15 rings (SSSR count). The summed E-state index contributed by atoms with van der Waals surface area (Å²) in [5.41, 5.74) is 16.5. The zero-order chi connectivity index (χ0) is 49.4. The minimum absolute atomic E-state index is 0.600. The highest BCUT2D eigenvalue weighted by atomic mass is 32.1. The number of rotatable bonds is 8. The summed E-state index contributed by atoms with van der Waals surface area (Å²) in [5, 5.41) is 7.32. The number of hydrogen-bond acceptors (Lipinski definition) is 4. The molecule has 4 aromatic heterocycles. The van der Waals surface area contributed by atoms with Crippen LogP contribution < -0.4 is 0 Å². The summed E-state index contributed by atoms with van der Waals surface area (Å²) in [7, 11) is 0. The molecule has 0 N–H and O–H groups in total. The molecule has 350 valence electrons. The maximum Gasteiger partial charge on any atom is 0.166 e. The van der Waals surface area contributed by atoms with Crippen molar-refractivity contribution in [3.05, 3.63) is 261 Å². The van der Waals surface area contributed by atoms with E-state index in [4.69, 9.17) is 15.0 Å². The standard InChI is InChI=1S/C69H43N5S/c1-4-17-44(18-5-1)47-31-35-49(36-32-47)67-70-68(50-37-33-48(34-38-50)45-19-6-2-7-20-45)72-69(71-67)59-27-12-15-30-62(59)74-61-29-14-11-26-54(61)56-40-42-58-57-41-39-55-53-25-10-13-28-60(53)73(63(55)65(57)75-66(58)64(56)74)52-24-16-23-51(43-52)46-21-8-3-9-22-46/h1-43H. The van der Waals surface area contributed by atoms with Crippen LogP contribution in [-0.2, 0) is 0 Å². The summed E-state index contributed by atoms with van der Waals surface area (Å²) < 4.78 is 7.42. The van der Waals surface area contributed by atoms with Crippen molar-refractivity contribution < 1.29 is 0 Å². The van der Waals surface area contributed by atoms with E-state index in [9.17, 15) is 0 Å². The van der Waals surface area contributed by atoms with Gasteiger partial charge in [0.05, 0.1) is 37.2 Å². The van der Waals surface area contributed by atoms with E-state index in [2.05, 4.69) is 258 Å². The van der Waals surface area contributed by atoms with E-state index in [-0.39, 0.29) is 0 Å². The Morgan fingerprint density at radius 2 is 0.667 bits per heavy atom. The Bertz CT molecular complexity index is 4570. The second-order valence-corrected chi connectivity index (χ2v) is 20.1. The molecule has 0 aliphatic carbocycles. The third-order valence-electron chi connectivity index (χ3n) is 14.8. The van der Waals surface area contributed by atoms with Gasteiger partial charge in [0.15, 0.2) is 17.5 Å². The van der Waals surface area contributed by atoms with Gasteiger partial charge in [-0.15, -0.1) is 11.3 Å². The lowest BCUT2D eigenvalue weighted by Crippen LogP contribution is -2.03. The predicted molar refractivity (Wildman–Crippen MR) is 314 cm³/mol. The summed E-state index contributed by atoms with van der Waals surface area (Å²) in [6.07, 6.45) is 0. The molecule has 0 unspecified atom stereocenters. The van der Waals surface area contributed by atoms with Gasteiger partial charge in [0, 0.05) is 54.7 Å². The molecule has 0 amide bonds. The Labute approximate surface area is 436 Å². The first-order valence-electron chi connectivity index (χ1n) is 25.3. The van der Waals surface area contributed by atoms with Crippen molar-refractivity contribution in [3.8, 4) is 78.9 Å². The zero-order valence-electron chi connectivity index (χ0n) is 40.5. The lowest BCUT2D eigenvalue weighted by atomic mass is 10.0. The van der Waals surface area contributed by atoms with Crippen LogP contribution >= 0.6 is 11.3 Å². The molecule has 11 aromatic carbocycles. The summed E-state index contributed by atoms with van der Waals surface area (Å²) >= 11 is 1.89. The molecule has 6 heteroatoms. The Morgan fingerprint density at radius 3 is 1.23 bits per heavy atom. The fourth-order valence-corrected chi connectivity index (χ4v) is 12.6. The Hall–Kier alpha value is -9.75. The van der Waals surface area contributed by atoms with Crippen LogP contribution in [0.25, 0.3) is 143 Å². The maximum atomic E-state index is 5.38. The van der Waals surface area contributed by atoms with Crippen molar-refractivity contribution in [2.45, 2.75) is 0 Å². The SMILES string of the molecule is c1ccc(-c2ccc(-c3nc(-c4ccc(-c5ccccc5)cc4)nc(-c4ccccc4-n4c5ccccc5c5ccc6c7ccc8c9ccccc9n(-c9cccc(-c%10ccccc%10)c9)c8c7sc6c54)n3)cc2)cc1. The molecular formula is C69H43N5S. The van der Waals surface area contributed by atoms with Crippen molar-refractivity contribution in [1.82, 2.24) is 24.1 Å². The summed E-state index contributed by atoms with van der Waals surface area (Å²) in [5.74, 6) is 1.82. The zero-order valence-corrected chi connectivity index (χ0v) is 41.3. The van der Waals surface area contributed by atoms with E-state index in [0.717, 1.165) is 61.4 Å². The van der Waals surface area contributed by atoms with Gasteiger partial charge in [0.1, 0.15) is 0 Å². The molecule has 0 fully saturated rings. The number of thiophene rings is 1. The molecule has 5 nitrogen and oxygen atoms in total. The number of hydrogen-bond donors (Lipinski definition) is 0. The first-order valence-corrected chi connectivity index (χ1v) is 26.2. The quantitative estimate of drug-likeness (QED) is 0.152. The maximum absolute atomic E-state index is 5.38. The summed E-state index contributed by atoms with van der Waals surface area (Å²) in [6.45, 7) is 0. The minimum atomic E-state index is 0.600. The summed E-state index contributed by atoms with van der Waals surface area (Å²) in [6, 6.07) is 93.2. The normalized spacial score (nSPS) is 11.7. The van der Waals surface area contributed by atoms with Crippen LogP contribution in [0, 0.1) is 0 Å². The highest BCUT2D eigenvalue weighted by molar-refractivity contribution is 7.27. The first kappa shape index (κ1) is 42.9. The van der Waals surface area contributed by atoms with Gasteiger partial charge in [-0.3, -0.25) is 0 Å². The smallest absolute Gasteiger partial charge is 0.166 e. The van der Waals surface area contributed by atoms with Crippen LogP contribution in [0.4, 0.5) is 0 Å². The molecule has 75 heavy (non-hydrogen) atoms. The molecular weight excluding hydrogens is 931 g/mol. The van der Waals surface area contributed by atoms with Gasteiger partial charge >= 0.3 is 0 Å². The molecule has 0 spiro atoms. The van der Waals surface area contributed by atoms with Gasteiger partial charge in [-0.25, -0.2) is 15.0 Å². The van der Waals surface area contributed by atoms with E-state index >= 15 is 0 Å². The van der Waals surface area contributed by atoms with E-state index in [0.29, 0.717) is 17.5 Å². The average molecular weight is 974 g/mol. The lowest BCUT2D eigenvalue weighted by molar-refractivity contribution is 1.06. The second kappa shape index (κ2) is 17.5. The van der Waals surface area contributed by atoms with Crippen molar-refractivity contribution >= 4 is 75.1 Å². The van der Waals surface area contributed by atoms with Crippen LogP contribution in [0.2, 0.25) is 0 Å². The Balaban J connectivity index is 0.956. The molecule has 0 bridgehead atoms. The molecule has 0 aliphatic rings. The van der Waals surface area contributed by atoms with Gasteiger partial charge in [0.25, 0.3) is 0 Å². The third kappa shape index (κ3) is 7.10. The molecule has 0 saturated heterocycles. The van der Waals surface area contributed by atoms with Gasteiger partial charge < -0.3 is 9.13 Å². The average Bonchev–Trinajstić information content (AvgIpc) is 4.26. The number of para-hydroxylation sites is 3. The number of fused-ring (bicyclic) bond motifs is 11. The van der Waals surface area contributed by atoms with Crippen LogP contribution in [0.5, 0.6) is 0 Å². The van der Waals surface area contributed by atoms with Crippen molar-refractivity contribution in [3.63, 3.8) is 0 Å². The van der Waals surface area contributed by atoms with Gasteiger partial charge in [-0.2, -0.15) is 0 Å². The fourth-order valence-electron chi connectivity index (χ4n) is 11.3. The summed E-state index contributed by atoms with van der Waals surface area (Å²) in [4.78, 5) is 16.0. The molecule has 4 heterocycles. The van der Waals surface area contributed by atoms with Crippen LogP contribution in [-0.4, -0.2) is 24.1 Å². The highest BCUT2D eigenvalue weighted by Gasteiger charge is 2.24. The van der Waals surface area contributed by atoms with Gasteiger partial charge in [0.2, 0.25) is 0 Å². The Kier molecular flexibility index (Phi) is 10.00. The highest BCUT2D eigenvalue weighted by Crippen LogP contribution is 2.48. The fraction of sp³-hybridized carbons (Fsp3) is 0.